The molecule has 0 saturated carbocycles. The molecule has 0 unspecified atom stereocenters. The van der Waals surface area contributed by atoms with Crippen molar-refractivity contribution < 1.29 is 4.74 Å². The summed E-state index contributed by atoms with van der Waals surface area (Å²) in [6.45, 7) is 6.47. The predicted octanol–water partition coefficient (Wildman–Crippen LogP) is 4.20. The molecule has 0 saturated heterocycles. The van der Waals surface area contributed by atoms with E-state index in [2.05, 4.69) is 13.8 Å². The van der Waals surface area contributed by atoms with Crippen LogP contribution in [0.2, 0.25) is 0 Å². The number of rotatable bonds is 3. The molecule has 1 rings (SSSR count). The largest absolute Gasteiger partial charge is 0.497 e. The summed E-state index contributed by atoms with van der Waals surface area (Å²) in [5, 5.41) is 0. The second-order valence-corrected chi connectivity index (χ2v) is 3.37. The smallest absolute Gasteiger partial charge is 0.119 e. The highest BCUT2D eigenvalue weighted by molar-refractivity contribution is 5.27. The molecule has 0 heterocycles. The second kappa shape index (κ2) is 8.61. The van der Waals surface area contributed by atoms with Gasteiger partial charge in [0.15, 0.2) is 0 Å². The zero-order valence-electron chi connectivity index (χ0n) is 9.84. The van der Waals surface area contributed by atoms with Crippen molar-refractivity contribution in [2.75, 3.05) is 7.11 Å². The van der Waals surface area contributed by atoms with Crippen LogP contribution in [-0.4, -0.2) is 7.11 Å². The molecule has 0 aliphatic carbocycles. The molecule has 14 heavy (non-hydrogen) atoms. The van der Waals surface area contributed by atoms with Crippen LogP contribution in [0.25, 0.3) is 0 Å². The summed E-state index contributed by atoms with van der Waals surface area (Å²) in [4.78, 5) is 0. The standard InChI is InChI=1S/C8H10O.C5H12/c1-7-4-3-5-8(6-7)9-2;1-3-5-4-2/h3-6H,1-2H3;3-5H2,1-2H3. The Bertz CT molecular complexity index is 228. The van der Waals surface area contributed by atoms with Gasteiger partial charge in [-0.1, -0.05) is 45.2 Å². The van der Waals surface area contributed by atoms with Crippen LogP contribution in [0, 0.1) is 6.92 Å². The van der Waals surface area contributed by atoms with Crippen LogP contribution in [0.4, 0.5) is 0 Å². The van der Waals surface area contributed by atoms with Crippen molar-refractivity contribution in [1.82, 2.24) is 0 Å². The van der Waals surface area contributed by atoms with Crippen LogP contribution >= 0.6 is 0 Å². The molecule has 0 aliphatic rings. The van der Waals surface area contributed by atoms with Gasteiger partial charge in [0.25, 0.3) is 0 Å². The van der Waals surface area contributed by atoms with Crippen molar-refractivity contribution in [2.45, 2.75) is 40.0 Å². The molecule has 0 radical (unpaired) electrons. The normalized spacial score (nSPS) is 8.86. The summed E-state index contributed by atoms with van der Waals surface area (Å²) >= 11 is 0. The van der Waals surface area contributed by atoms with E-state index in [-0.39, 0.29) is 0 Å². The molecule has 0 bridgehead atoms. The van der Waals surface area contributed by atoms with E-state index in [1.54, 1.807) is 7.11 Å². The summed E-state index contributed by atoms with van der Waals surface area (Å²) in [6.07, 6.45) is 4.08. The lowest BCUT2D eigenvalue weighted by molar-refractivity contribution is 0.414. The third-order valence-corrected chi connectivity index (χ3v) is 1.93. The van der Waals surface area contributed by atoms with E-state index >= 15 is 0 Å². The van der Waals surface area contributed by atoms with Gasteiger partial charge in [0.2, 0.25) is 0 Å². The topological polar surface area (TPSA) is 9.23 Å². The Morgan fingerprint density at radius 1 is 1.14 bits per heavy atom. The van der Waals surface area contributed by atoms with Crippen molar-refractivity contribution in [1.29, 1.82) is 0 Å². The van der Waals surface area contributed by atoms with Gasteiger partial charge in [0.05, 0.1) is 7.11 Å². The van der Waals surface area contributed by atoms with Crippen LogP contribution in [0.5, 0.6) is 5.75 Å². The minimum absolute atomic E-state index is 0.926. The quantitative estimate of drug-likeness (QED) is 0.700. The predicted molar refractivity (Wildman–Crippen MR) is 62.9 cm³/mol. The van der Waals surface area contributed by atoms with E-state index in [0.717, 1.165) is 5.75 Å². The molecule has 0 aromatic heterocycles. The maximum Gasteiger partial charge on any atom is 0.119 e. The molecular formula is C13H22O. The van der Waals surface area contributed by atoms with Crippen molar-refractivity contribution in [3.8, 4) is 5.75 Å². The van der Waals surface area contributed by atoms with Gasteiger partial charge in [0, 0.05) is 0 Å². The number of benzene rings is 1. The maximum atomic E-state index is 5.00. The molecule has 0 aliphatic heterocycles. The minimum Gasteiger partial charge on any atom is -0.497 e. The lowest BCUT2D eigenvalue weighted by Gasteiger charge is -1.97. The maximum absolute atomic E-state index is 5.00. The Kier molecular flexibility index (Phi) is 8.01. The highest BCUT2D eigenvalue weighted by Crippen LogP contribution is 2.10. The van der Waals surface area contributed by atoms with Crippen LogP contribution in [0.1, 0.15) is 38.7 Å². The number of aryl methyl sites for hydroxylation is 1. The molecule has 1 aromatic rings. The Labute approximate surface area is 88.1 Å². The van der Waals surface area contributed by atoms with Crippen molar-refractivity contribution >= 4 is 0 Å². The lowest BCUT2D eigenvalue weighted by Crippen LogP contribution is -1.81. The lowest BCUT2D eigenvalue weighted by atomic mass is 10.2. The van der Waals surface area contributed by atoms with Gasteiger partial charge in [-0.15, -0.1) is 0 Å². The van der Waals surface area contributed by atoms with Gasteiger partial charge in [0.1, 0.15) is 5.75 Å². The first-order valence-corrected chi connectivity index (χ1v) is 5.35. The van der Waals surface area contributed by atoms with E-state index in [4.69, 9.17) is 4.74 Å². The minimum atomic E-state index is 0.926. The van der Waals surface area contributed by atoms with Crippen LogP contribution < -0.4 is 4.74 Å². The van der Waals surface area contributed by atoms with Crippen LogP contribution in [0.15, 0.2) is 24.3 Å². The van der Waals surface area contributed by atoms with Crippen molar-refractivity contribution in [3.63, 3.8) is 0 Å². The summed E-state index contributed by atoms with van der Waals surface area (Å²) in [5.41, 5.74) is 1.23. The SMILES string of the molecule is CCCCC.COc1cccc(C)c1. The highest BCUT2D eigenvalue weighted by Gasteiger charge is 1.86. The third kappa shape index (κ3) is 6.53. The van der Waals surface area contributed by atoms with Gasteiger partial charge in [-0.2, -0.15) is 0 Å². The molecule has 1 nitrogen and oxygen atoms in total. The van der Waals surface area contributed by atoms with E-state index in [9.17, 15) is 0 Å². The Morgan fingerprint density at radius 2 is 1.79 bits per heavy atom. The molecule has 0 N–H and O–H groups in total. The molecule has 0 spiro atoms. The average molecular weight is 194 g/mol. The van der Waals surface area contributed by atoms with Gasteiger partial charge in [-0.3, -0.25) is 0 Å². The molecule has 0 fully saturated rings. The fourth-order valence-electron chi connectivity index (χ4n) is 1.10. The summed E-state index contributed by atoms with van der Waals surface area (Å²) in [6, 6.07) is 7.96. The van der Waals surface area contributed by atoms with Gasteiger partial charge in [-0.25, -0.2) is 0 Å². The van der Waals surface area contributed by atoms with E-state index in [1.807, 2.05) is 31.2 Å². The highest BCUT2D eigenvalue weighted by atomic mass is 16.5. The average Bonchev–Trinajstić information content (AvgIpc) is 2.20. The Hall–Kier alpha value is -0.980. The van der Waals surface area contributed by atoms with E-state index < -0.39 is 0 Å². The Morgan fingerprint density at radius 3 is 2.07 bits per heavy atom. The number of hydrogen-bond acceptors (Lipinski definition) is 1. The van der Waals surface area contributed by atoms with Crippen molar-refractivity contribution in [2.24, 2.45) is 0 Å². The zero-order chi connectivity index (χ0) is 10.8. The first-order chi connectivity index (χ1) is 6.74. The monoisotopic (exact) mass is 194 g/mol. The van der Waals surface area contributed by atoms with Crippen molar-refractivity contribution in [3.05, 3.63) is 29.8 Å². The molecule has 80 valence electrons. The van der Waals surface area contributed by atoms with Gasteiger partial charge in [-0.05, 0) is 24.6 Å². The first-order valence-electron chi connectivity index (χ1n) is 5.35. The fraction of sp³-hybridized carbons (Fsp3) is 0.538. The number of methoxy groups -OCH3 is 1. The summed E-state index contributed by atoms with van der Waals surface area (Å²) < 4.78 is 5.00. The first kappa shape index (κ1) is 13.0. The number of unbranched alkanes of at least 4 members (excludes halogenated alkanes) is 2. The molecule has 0 amide bonds. The fourth-order valence-corrected chi connectivity index (χ4v) is 1.10. The third-order valence-electron chi connectivity index (χ3n) is 1.93. The van der Waals surface area contributed by atoms with Crippen LogP contribution in [-0.2, 0) is 0 Å². The number of hydrogen-bond donors (Lipinski definition) is 0. The van der Waals surface area contributed by atoms with Gasteiger partial charge < -0.3 is 4.74 Å². The summed E-state index contributed by atoms with van der Waals surface area (Å²) in [5.74, 6) is 0.926. The van der Waals surface area contributed by atoms with E-state index in [0.29, 0.717) is 0 Å². The zero-order valence-corrected chi connectivity index (χ0v) is 9.84. The van der Waals surface area contributed by atoms with Crippen LogP contribution in [0.3, 0.4) is 0 Å². The molecule has 1 heteroatoms. The number of ether oxygens (including phenoxy) is 1. The van der Waals surface area contributed by atoms with E-state index in [1.165, 1.54) is 24.8 Å². The van der Waals surface area contributed by atoms with Gasteiger partial charge >= 0.3 is 0 Å². The molecule has 0 atom stereocenters. The molecule has 1 aromatic carbocycles. The summed E-state index contributed by atoms with van der Waals surface area (Å²) in [7, 11) is 1.68. The molecular weight excluding hydrogens is 172 g/mol. The Balaban J connectivity index is 0.000000292. The second-order valence-electron chi connectivity index (χ2n) is 3.37.